The van der Waals surface area contributed by atoms with Crippen LogP contribution in [0.15, 0.2) is 11.8 Å². The summed E-state index contributed by atoms with van der Waals surface area (Å²) >= 11 is 0. The summed E-state index contributed by atoms with van der Waals surface area (Å²) in [6.45, 7) is 6.77. The number of allylic oxidation sites excluding steroid dienone is 2. The number of ketones is 1. The molecule has 12 heavy (non-hydrogen) atoms. The standard InChI is InChI=1S/C10H16O2/c1-4-12-9-5-8(11)6-10(2,3)7-9/h5H,4,6-7H2,1-3H3. The van der Waals surface area contributed by atoms with Crippen LogP contribution >= 0.6 is 0 Å². The van der Waals surface area contributed by atoms with Crippen LogP contribution < -0.4 is 0 Å². The highest BCUT2D eigenvalue weighted by Crippen LogP contribution is 2.33. The first kappa shape index (κ1) is 9.30. The van der Waals surface area contributed by atoms with Crippen molar-refractivity contribution in [3.63, 3.8) is 0 Å². The van der Waals surface area contributed by atoms with Gasteiger partial charge in [0.15, 0.2) is 5.78 Å². The van der Waals surface area contributed by atoms with Crippen molar-refractivity contribution < 1.29 is 9.53 Å². The molecule has 0 spiro atoms. The lowest BCUT2D eigenvalue weighted by molar-refractivity contribution is -0.117. The molecule has 2 nitrogen and oxygen atoms in total. The van der Waals surface area contributed by atoms with Gasteiger partial charge in [0.1, 0.15) is 0 Å². The number of carbonyl (C=O) groups excluding carboxylic acids is 1. The smallest absolute Gasteiger partial charge is 0.159 e. The fraction of sp³-hybridized carbons (Fsp3) is 0.700. The van der Waals surface area contributed by atoms with Gasteiger partial charge in [0.05, 0.1) is 12.4 Å². The van der Waals surface area contributed by atoms with Crippen LogP contribution in [0.25, 0.3) is 0 Å². The van der Waals surface area contributed by atoms with E-state index in [4.69, 9.17) is 4.74 Å². The second kappa shape index (κ2) is 3.30. The molecule has 0 aromatic rings. The minimum atomic E-state index is 0.0797. The number of ether oxygens (including phenoxy) is 1. The van der Waals surface area contributed by atoms with E-state index in [-0.39, 0.29) is 11.2 Å². The van der Waals surface area contributed by atoms with E-state index in [1.54, 1.807) is 6.08 Å². The Labute approximate surface area is 73.6 Å². The van der Waals surface area contributed by atoms with Crippen LogP contribution in [0.2, 0.25) is 0 Å². The van der Waals surface area contributed by atoms with E-state index >= 15 is 0 Å². The predicted molar refractivity (Wildman–Crippen MR) is 47.7 cm³/mol. The van der Waals surface area contributed by atoms with E-state index < -0.39 is 0 Å². The molecule has 1 aliphatic rings. The maximum atomic E-state index is 11.2. The maximum absolute atomic E-state index is 11.2. The Balaban J connectivity index is 2.69. The first-order chi connectivity index (χ1) is 5.53. The summed E-state index contributed by atoms with van der Waals surface area (Å²) in [5.74, 6) is 1.04. The number of hydrogen-bond donors (Lipinski definition) is 0. The zero-order valence-electron chi connectivity index (χ0n) is 8.02. The molecule has 0 aromatic carbocycles. The summed E-state index contributed by atoms with van der Waals surface area (Å²) in [6.07, 6.45) is 3.16. The molecule has 0 radical (unpaired) electrons. The van der Waals surface area contributed by atoms with E-state index in [2.05, 4.69) is 13.8 Å². The Hall–Kier alpha value is -0.790. The molecule has 0 amide bonds. The molecule has 0 saturated carbocycles. The molecule has 0 aromatic heterocycles. The van der Waals surface area contributed by atoms with Gasteiger partial charge in [-0.05, 0) is 12.3 Å². The lowest BCUT2D eigenvalue weighted by atomic mass is 9.79. The van der Waals surface area contributed by atoms with Gasteiger partial charge in [-0.25, -0.2) is 0 Å². The number of hydrogen-bond acceptors (Lipinski definition) is 2. The maximum Gasteiger partial charge on any atom is 0.159 e. The molecular formula is C10H16O2. The van der Waals surface area contributed by atoms with Crippen molar-refractivity contribution in [2.24, 2.45) is 5.41 Å². The van der Waals surface area contributed by atoms with Gasteiger partial charge in [0, 0.05) is 18.9 Å². The van der Waals surface area contributed by atoms with Crippen molar-refractivity contribution in [1.29, 1.82) is 0 Å². The van der Waals surface area contributed by atoms with E-state index in [9.17, 15) is 4.79 Å². The molecule has 0 N–H and O–H groups in total. The van der Waals surface area contributed by atoms with Gasteiger partial charge in [-0.3, -0.25) is 4.79 Å². The molecule has 0 saturated heterocycles. The van der Waals surface area contributed by atoms with Crippen LogP contribution in [0.3, 0.4) is 0 Å². The van der Waals surface area contributed by atoms with Crippen molar-refractivity contribution in [3.8, 4) is 0 Å². The average molecular weight is 168 g/mol. The highest BCUT2D eigenvalue weighted by atomic mass is 16.5. The molecule has 0 bridgehead atoms. The van der Waals surface area contributed by atoms with Gasteiger partial charge in [0.25, 0.3) is 0 Å². The second-order valence-corrected chi connectivity index (χ2v) is 4.03. The van der Waals surface area contributed by atoms with Crippen LogP contribution in [-0.4, -0.2) is 12.4 Å². The number of rotatable bonds is 2. The van der Waals surface area contributed by atoms with Crippen LogP contribution in [-0.2, 0) is 9.53 Å². The topological polar surface area (TPSA) is 26.3 Å². The Morgan fingerprint density at radius 1 is 1.50 bits per heavy atom. The molecule has 0 fully saturated rings. The lowest BCUT2D eigenvalue weighted by Gasteiger charge is -2.28. The third-order valence-corrected chi connectivity index (χ3v) is 1.96. The van der Waals surface area contributed by atoms with Gasteiger partial charge < -0.3 is 4.74 Å². The quantitative estimate of drug-likeness (QED) is 0.632. The van der Waals surface area contributed by atoms with Gasteiger partial charge >= 0.3 is 0 Å². The second-order valence-electron chi connectivity index (χ2n) is 4.03. The molecule has 0 atom stereocenters. The van der Waals surface area contributed by atoms with Crippen molar-refractivity contribution in [3.05, 3.63) is 11.8 Å². The summed E-state index contributed by atoms with van der Waals surface area (Å²) in [6, 6.07) is 0. The van der Waals surface area contributed by atoms with Crippen molar-refractivity contribution in [1.82, 2.24) is 0 Å². The third kappa shape index (κ3) is 2.36. The number of carbonyl (C=O) groups is 1. The Morgan fingerprint density at radius 3 is 2.67 bits per heavy atom. The Bertz CT molecular complexity index is 214. The zero-order chi connectivity index (χ0) is 9.19. The highest BCUT2D eigenvalue weighted by Gasteiger charge is 2.27. The third-order valence-electron chi connectivity index (χ3n) is 1.96. The summed E-state index contributed by atoms with van der Waals surface area (Å²) < 4.78 is 5.33. The van der Waals surface area contributed by atoms with Gasteiger partial charge in [-0.15, -0.1) is 0 Å². The van der Waals surface area contributed by atoms with E-state index in [1.165, 1.54) is 0 Å². The van der Waals surface area contributed by atoms with Crippen molar-refractivity contribution in [2.75, 3.05) is 6.61 Å². The van der Waals surface area contributed by atoms with E-state index in [0.717, 1.165) is 12.2 Å². The molecule has 0 aliphatic heterocycles. The SMILES string of the molecule is CCOC1=CC(=O)CC(C)(C)C1. The van der Waals surface area contributed by atoms with E-state index in [0.29, 0.717) is 13.0 Å². The molecule has 1 aliphatic carbocycles. The molecule has 0 unspecified atom stereocenters. The van der Waals surface area contributed by atoms with Crippen LogP contribution in [0, 0.1) is 5.41 Å². The fourth-order valence-corrected chi connectivity index (χ4v) is 1.57. The highest BCUT2D eigenvalue weighted by molar-refractivity contribution is 5.91. The van der Waals surface area contributed by atoms with Crippen LogP contribution in [0.5, 0.6) is 0 Å². The minimum Gasteiger partial charge on any atom is -0.498 e. The van der Waals surface area contributed by atoms with Gasteiger partial charge in [-0.2, -0.15) is 0 Å². The normalized spacial score (nSPS) is 21.9. The molecule has 0 heterocycles. The molecule has 2 heteroatoms. The summed E-state index contributed by atoms with van der Waals surface area (Å²) in [5.41, 5.74) is 0.0797. The van der Waals surface area contributed by atoms with Crippen molar-refractivity contribution >= 4 is 5.78 Å². The summed E-state index contributed by atoms with van der Waals surface area (Å²) in [4.78, 5) is 11.2. The van der Waals surface area contributed by atoms with Gasteiger partial charge in [0.2, 0.25) is 0 Å². The Morgan fingerprint density at radius 2 is 2.17 bits per heavy atom. The van der Waals surface area contributed by atoms with Crippen LogP contribution in [0.1, 0.15) is 33.6 Å². The first-order valence-electron chi connectivity index (χ1n) is 4.40. The molecule has 1 rings (SSSR count). The molecular weight excluding hydrogens is 152 g/mol. The zero-order valence-corrected chi connectivity index (χ0v) is 8.02. The summed E-state index contributed by atoms with van der Waals surface area (Å²) in [7, 11) is 0. The van der Waals surface area contributed by atoms with Crippen LogP contribution in [0.4, 0.5) is 0 Å². The largest absolute Gasteiger partial charge is 0.498 e. The van der Waals surface area contributed by atoms with Gasteiger partial charge in [-0.1, -0.05) is 13.8 Å². The first-order valence-corrected chi connectivity index (χ1v) is 4.40. The summed E-state index contributed by atoms with van der Waals surface area (Å²) in [5, 5.41) is 0. The van der Waals surface area contributed by atoms with Crippen molar-refractivity contribution in [2.45, 2.75) is 33.6 Å². The average Bonchev–Trinajstić information content (AvgIpc) is 1.82. The molecule has 68 valence electrons. The lowest BCUT2D eigenvalue weighted by Crippen LogP contribution is -2.22. The predicted octanol–water partition coefficient (Wildman–Crippen LogP) is 2.30. The monoisotopic (exact) mass is 168 g/mol. The Kier molecular flexibility index (Phi) is 2.55. The fourth-order valence-electron chi connectivity index (χ4n) is 1.57. The minimum absolute atomic E-state index is 0.0797. The van der Waals surface area contributed by atoms with E-state index in [1.807, 2.05) is 6.92 Å².